The average molecular weight is 315 g/mol. The van der Waals surface area contributed by atoms with Gasteiger partial charge >= 0.3 is 6.18 Å². The van der Waals surface area contributed by atoms with Crippen LogP contribution in [0.2, 0.25) is 0 Å². The summed E-state index contributed by atoms with van der Waals surface area (Å²) in [4.78, 5) is 13.5. The molecule has 1 aromatic rings. The van der Waals surface area contributed by atoms with E-state index < -0.39 is 24.5 Å². The Labute approximate surface area is 128 Å². The first kappa shape index (κ1) is 16.8. The van der Waals surface area contributed by atoms with E-state index in [4.69, 9.17) is 4.74 Å². The number of benzene rings is 1. The second kappa shape index (κ2) is 7.13. The second-order valence-electron chi connectivity index (χ2n) is 5.50. The van der Waals surface area contributed by atoms with E-state index >= 15 is 0 Å². The maximum Gasteiger partial charge on any atom is 0.406 e. The fraction of sp³-hybridized carbons (Fsp3) is 0.562. The van der Waals surface area contributed by atoms with Crippen LogP contribution in [-0.2, 0) is 9.53 Å². The van der Waals surface area contributed by atoms with Gasteiger partial charge < -0.3 is 9.64 Å². The molecule has 0 aliphatic carbocycles. The van der Waals surface area contributed by atoms with Gasteiger partial charge in [0, 0.05) is 18.2 Å². The van der Waals surface area contributed by atoms with Gasteiger partial charge in [0.05, 0.1) is 6.10 Å². The highest BCUT2D eigenvalue weighted by Crippen LogP contribution is 2.29. The van der Waals surface area contributed by atoms with Crippen LogP contribution in [0.1, 0.15) is 26.2 Å². The molecular weight excluding hydrogens is 295 g/mol. The Morgan fingerprint density at radius 3 is 2.59 bits per heavy atom. The second-order valence-corrected chi connectivity index (χ2v) is 5.50. The average Bonchev–Trinajstić information content (AvgIpc) is 2.52. The molecule has 1 aliphatic rings. The van der Waals surface area contributed by atoms with Gasteiger partial charge in [0.2, 0.25) is 5.91 Å². The number of para-hydroxylation sites is 1. The number of amides is 1. The summed E-state index contributed by atoms with van der Waals surface area (Å²) in [6, 6.07) is 8.03. The van der Waals surface area contributed by atoms with Crippen LogP contribution in [0.3, 0.4) is 0 Å². The van der Waals surface area contributed by atoms with Crippen molar-refractivity contribution in [1.29, 1.82) is 0 Å². The van der Waals surface area contributed by atoms with Gasteiger partial charge in [-0.15, -0.1) is 0 Å². The molecule has 1 aromatic carbocycles. The number of hydrogen-bond donors (Lipinski definition) is 0. The van der Waals surface area contributed by atoms with Crippen LogP contribution in [0.15, 0.2) is 30.3 Å². The molecule has 1 amide bonds. The lowest BCUT2D eigenvalue weighted by Crippen LogP contribution is -2.44. The molecule has 1 fully saturated rings. The maximum absolute atomic E-state index is 12.8. The summed E-state index contributed by atoms with van der Waals surface area (Å²) < 4.78 is 44.0. The third kappa shape index (κ3) is 4.47. The highest BCUT2D eigenvalue weighted by molar-refractivity contribution is 5.95. The van der Waals surface area contributed by atoms with E-state index in [2.05, 4.69) is 0 Å². The molecule has 6 heteroatoms. The standard InChI is InChI=1S/C16H20F3NO2/c1-2-14-10-12(8-9-22-14)15(21)20(11-16(17,18)19)13-6-4-3-5-7-13/h3-7,12,14H,2,8-11H2,1H3/t12-,14+/m1/s1. The fourth-order valence-corrected chi connectivity index (χ4v) is 2.69. The molecule has 122 valence electrons. The number of hydrogen-bond acceptors (Lipinski definition) is 2. The Morgan fingerprint density at radius 2 is 2.00 bits per heavy atom. The van der Waals surface area contributed by atoms with E-state index in [1.165, 1.54) is 12.1 Å². The van der Waals surface area contributed by atoms with Crippen LogP contribution in [0, 0.1) is 5.92 Å². The Hall–Kier alpha value is -1.56. The fourth-order valence-electron chi connectivity index (χ4n) is 2.69. The van der Waals surface area contributed by atoms with E-state index in [1.54, 1.807) is 18.2 Å². The van der Waals surface area contributed by atoms with Crippen LogP contribution < -0.4 is 4.90 Å². The number of ether oxygens (including phenoxy) is 1. The van der Waals surface area contributed by atoms with E-state index in [0.717, 1.165) is 11.3 Å². The van der Waals surface area contributed by atoms with Crippen molar-refractivity contribution in [2.75, 3.05) is 18.1 Å². The molecule has 0 unspecified atom stereocenters. The minimum absolute atomic E-state index is 0.0498. The predicted octanol–water partition coefficient (Wildman–Crippen LogP) is 3.79. The van der Waals surface area contributed by atoms with Gasteiger partial charge in [0.25, 0.3) is 0 Å². The van der Waals surface area contributed by atoms with Crippen LogP contribution in [0.4, 0.5) is 18.9 Å². The molecule has 2 rings (SSSR count). The summed E-state index contributed by atoms with van der Waals surface area (Å²) in [7, 11) is 0. The monoisotopic (exact) mass is 315 g/mol. The van der Waals surface area contributed by atoms with Crippen molar-refractivity contribution in [1.82, 2.24) is 0 Å². The van der Waals surface area contributed by atoms with Crippen molar-refractivity contribution in [3.05, 3.63) is 30.3 Å². The summed E-state index contributed by atoms with van der Waals surface area (Å²) >= 11 is 0. The quantitative estimate of drug-likeness (QED) is 0.846. The van der Waals surface area contributed by atoms with E-state index in [0.29, 0.717) is 19.4 Å². The van der Waals surface area contributed by atoms with Crippen LogP contribution in [0.25, 0.3) is 0 Å². The van der Waals surface area contributed by atoms with Crippen molar-refractivity contribution in [2.45, 2.75) is 38.5 Å². The van der Waals surface area contributed by atoms with Crippen LogP contribution >= 0.6 is 0 Å². The Balaban J connectivity index is 2.19. The highest BCUT2D eigenvalue weighted by Gasteiger charge is 2.37. The maximum atomic E-state index is 12.8. The number of rotatable bonds is 4. The Kier molecular flexibility index (Phi) is 5.45. The van der Waals surface area contributed by atoms with Gasteiger partial charge in [0.1, 0.15) is 6.54 Å². The molecule has 0 radical (unpaired) electrons. The number of nitrogens with zero attached hydrogens (tertiary/aromatic N) is 1. The molecule has 0 saturated carbocycles. The first-order valence-electron chi connectivity index (χ1n) is 7.45. The van der Waals surface area contributed by atoms with Gasteiger partial charge in [-0.1, -0.05) is 25.1 Å². The smallest absolute Gasteiger partial charge is 0.378 e. The largest absolute Gasteiger partial charge is 0.406 e. The molecule has 0 bridgehead atoms. The van der Waals surface area contributed by atoms with Gasteiger partial charge in [-0.25, -0.2) is 0 Å². The molecule has 2 atom stereocenters. The number of carbonyl (C=O) groups is 1. The number of alkyl halides is 3. The lowest BCUT2D eigenvalue weighted by atomic mass is 9.92. The van der Waals surface area contributed by atoms with Gasteiger partial charge in [-0.3, -0.25) is 4.79 Å². The molecule has 0 aromatic heterocycles. The van der Waals surface area contributed by atoms with Gasteiger partial charge in [-0.05, 0) is 31.4 Å². The number of carbonyl (C=O) groups excluding carboxylic acids is 1. The van der Waals surface area contributed by atoms with E-state index in [-0.39, 0.29) is 11.8 Å². The first-order chi connectivity index (χ1) is 10.4. The van der Waals surface area contributed by atoms with E-state index in [9.17, 15) is 18.0 Å². The lowest BCUT2D eigenvalue weighted by Gasteiger charge is -2.33. The Bertz CT molecular complexity index is 490. The number of halogens is 3. The van der Waals surface area contributed by atoms with Crippen molar-refractivity contribution in [3.8, 4) is 0 Å². The molecule has 1 saturated heterocycles. The van der Waals surface area contributed by atoms with E-state index in [1.807, 2.05) is 6.92 Å². The van der Waals surface area contributed by atoms with Crippen molar-refractivity contribution >= 4 is 11.6 Å². The Morgan fingerprint density at radius 1 is 1.32 bits per heavy atom. The molecule has 1 aliphatic heterocycles. The molecular formula is C16H20F3NO2. The van der Waals surface area contributed by atoms with Gasteiger partial charge in [-0.2, -0.15) is 13.2 Å². The molecule has 0 spiro atoms. The summed E-state index contributed by atoms with van der Waals surface area (Å²) in [5.74, 6) is -0.883. The third-order valence-corrected chi connectivity index (χ3v) is 3.84. The highest BCUT2D eigenvalue weighted by atomic mass is 19.4. The summed E-state index contributed by atoms with van der Waals surface area (Å²) in [6.07, 6.45) is -2.77. The van der Waals surface area contributed by atoms with Gasteiger partial charge in [0.15, 0.2) is 0 Å². The zero-order valence-electron chi connectivity index (χ0n) is 12.5. The third-order valence-electron chi connectivity index (χ3n) is 3.84. The molecule has 22 heavy (non-hydrogen) atoms. The predicted molar refractivity (Wildman–Crippen MR) is 77.6 cm³/mol. The normalized spacial score (nSPS) is 22.4. The SMILES string of the molecule is CC[C@H]1C[C@H](C(=O)N(CC(F)(F)F)c2ccccc2)CCO1. The van der Waals surface area contributed by atoms with Crippen LogP contribution in [0.5, 0.6) is 0 Å². The minimum Gasteiger partial charge on any atom is -0.378 e. The lowest BCUT2D eigenvalue weighted by molar-refractivity contribution is -0.138. The van der Waals surface area contributed by atoms with Crippen LogP contribution in [-0.4, -0.2) is 31.3 Å². The molecule has 1 heterocycles. The summed E-state index contributed by atoms with van der Waals surface area (Å²) in [5, 5.41) is 0. The molecule has 0 N–H and O–H groups in total. The summed E-state index contributed by atoms with van der Waals surface area (Å²) in [5.41, 5.74) is 0.282. The minimum atomic E-state index is -4.43. The summed E-state index contributed by atoms with van der Waals surface area (Å²) in [6.45, 7) is 1.11. The zero-order valence-corrected chi connectivity index (χ0v) is 12.5. The molecule has 3 nitrogen and oxygen atoms in total. The van der Waals surface area contributed by atoms with Crippen molar-refractivity contribution in [2.24, 2.45) is 5.92 Å². The number of anilines is 1. The van der Waals surface area contributed by atoms with Crippen molar-refractivity contribution < 1.29 is 22.7 Å². The van der Waals surface area contributed by atoms with Crippen molar-refractivity contribution in [3.63, 3.8) is 0 Å². The first-order valence-corrected chi connectivity index (χ1v) is 7.45. The zero-order chi connectivity index (χ0) is 16.2. The topological polar surface area (TPSA) is 29.5 Å².